The predicted octanol–water partition coefficient (Wildman–Crippen LogP) is 5.33. The van der Waals surface area contributed by atoms with Crippen LogP contribution >= 0.6 is 0 Å². The van der Waals surface area contributed by atoms with E-state index in [-0.39, 0.29) is 11.7 Å². The molecule has 0 radical (unpaired) electrons. The highest BCUT2D eigenvalue weighted by molar-refractivity contribution is 5.48. The van der Waals surface area contributed by atoms with Crippen LogP contribution in [-0.2, 0) is 0 Å². The topological polar surface area (TPSA) is 20.2 Å². The zero-order chi connectivity index (χ0) is 15.6. The molecule has 2 aromatic carbocycles. The normalized spacial score (nSPS) is 12.7. The first-order valence-corrected chi connectivity index (χ1v) is 7.44. The number of phenolic OH excluding ortho intramolecular Hbond substituents is 1. The Morgan fingerprint density at radius 3 is 2.24 bits per heavy atom. The van der Waals surface area contributed by atoms with E-state index in [4.69, 9.17) is 0 Å². The van der Waals surface area contributed by atoms with Gasteiger partial charge in [0.15, 0.2) is 0 Å². The Balaban J connectivity index is 2.52. The lowest BCUT2D eigenvalue weighted by Crippen LogP contribution is -2.06. The lowest BCUT2D eigenvalue weighted by Gasteiger charge is -2.22. The first kappa shape index (κ1) is 15.6. The third-order valence-corrected chi connectivity index (χ3v) is 3.83. The van der Waals surface area contributed by atoms with Crippen LogP contribution in [0.5, 0.6) is 5.75 Å². The highest BCUT2D eigenvalue weighted by atomic mass is 19.1. The van der Waals surface area contributed by atoms with Crippen molar-refractivity contribution in [3.63, 3.8) is 0 Å². The van der Waals surface area contributed by atoms with Gasteiger partial charge in [-0.3, -0.25) is 0 Å². The Morgan fingerprint density at radius 2 is 1.67 bits per heavy atom. The smallest absolute Gasteiger partial charge is 0.123 e. The molecule has 0 heterocycles. The lowest BCUT2D eigenvalue weighted by molar-refractivity contribution is 0.450. The van der Waals surface area contributed by atoms with Gasteiger partial charge in [-0.1, -0.05) is 43.7 Å². The highest BCUT2D eigenvalue weighted by Gasteiger charge is 2.20. The zero-order valence-electron chi connectivity index (χ0n) is 13.2. The minimum atomic E-state index is -0.230. The van der Waals surface area contributed by atoms with Crippen molar-refractivity contribution in [3.05, 3.63) is 64.5 Å². The van der Waals surface area contributed by atoms with Crippen LogP contribution < -0.4 is 0 Å². The maximum absolute atomic E-state index is 13.2. The molecule has 0 aliphatic carbocycles. The second kappa shape index (κ2) is 6.30. The maximum Gasteiger partial charge on any atom is 0.123 e. The monoisotopic (exact) mass is 286 g/mol. The molecule has 0 aliphatic heterocycles. The SMILES string of the molecule is Cc1cc(C)c(O)c([C@H](CC(C)C)c2ccc(F)cc2)c1. The number of rotatable bonds is 4. The Labute approximate surface area is 126 Å². The third-order valence-electron chi connectivity index (χ3n) is 3.83. The molecule has 0 aliphatic rings. The summed E-state index contributed by atoms with van der Waals surface area (Å²) in [6, 6.07) is 10.6. The Bertz CT molecular complexity index is 614. The summed E-state index contributed by atoms with van der Waals surface area (Å²) >= 11 is 0. The molecule has 2 aromatic rings. The average molecular weight is 286 g/mol. The molecule has 1 nitrogen and oxygen atoms in total. The van der Waals surface area contributed by atoms with E-state index in [1.165, 1.54) is 12.1 Å². The van der Waals surface area contributed by atoms with Gasteiger partial charge in [0.05, 0.1) is 0 Å². The summed E-state index contributed by atoms with van der Waals surface area (Å²) in [5.74, 6) is 0.701. The molecule has 112 valence electrons. The van der Waals surface area contributed by atoms with Crippen LogP contribution in [0.4, 0.5) is 4.39 Å². The number of aromatic hydroxyl groups is 1. The van der Waals surface area contributed by atoms with Crippen molar-refractivity contribution in [2.75, 3.05) is 0 Å². The van der Waals surface area contributed by atoms with Crippen molar-refractivity contribution in [2.24, 2.45) is 5.92 Å². The van der Waals surface area contributed by atoms with Crippen LogP contribution in [0, 0.1) is 25.6 Å². The Hall–Kier alpha value is -1.83. The van der Waals surface area contributed by atoms with Crippen LogP contribution in [0.1, 0.15) is 48.4 Å². The highest BCUT2D eigenvalue weighted by Crippen LogP contribution is 2.38. The molecule has 0 saturated carbocycles. The van der Waals surface area contributed by atoms with Crippen molar-refractivity contribution in [3.8, 4) is 5.75 Å². The summed E-state index contributed by atoms with van der Waals surface area (Å²) in [6.45, 7) is 8.28. The quantitative estimate of drug-likeness (QED) is 0.805. The molecule has 0 bridgehead atoms. The number of benzene rings is 2. The molecule has 0 aromatic heterocycles. The number of halogens is 1. The van der Waals surface area contributed by atoms with Crippen molar-refractivity contribution in [1.82, 2.24) is 0 Å². The van der Waals surface area contributed by atoms with Gasteiger partial charge in [-0.2, -0.15) is 0 Å². The van der Waals surface area contributed by atoms with Gasteiger partial charge >= 0.3 is 0 Å². The fourth-order valence-corrected chi connectivity index (χ4v) is 2.87. The molecule has 1 N–H and O–H groups in total. The van der Waals surface area contributed by atoms with E-state index in [1.807, 2.05) is 38.1 Å². The van der Waals surface area contributed by atoms with Crippen LogP contribution in [0.3, 0.4) is 0 Å². The van der Waals surface area contributed by atoms with Gasteiger partial charge < -0.3 is 5.11 Å². The van der Waals surface area contributed by atoms with Gasteiger partial charge in [0.1, 0.15) is 11.6 Å². The summed E-state index contributed by atoms with van der Waals surface area (Å²) in [7, 11) is 0. The van der Waals surface area contributed by atoms with E-state index >= 15 is 0 Å². The van der Waals surface area contributed by atoms with Crippen LogP contribution in [0.25, 0.3) is 0 Å². The van der Waals surface area contributed by atoms with Gasteiger partial charge in [0, 0.05) is 11.5 Å². The van der Waals surface area contributed by atoms with E-state index in [2.05, 4.69) is 13.8 Å². The summed E-state index contributed by atoms with van der Waals surface area (Å²) < 4.78 is 13.2. The van der Waals surface area contributed by atoms with Gasteiger partial charge in [-0.25, -0.2) is 4.39 Å². The first-order valence-electron chi connectivity index (χ1n) is 7.44. The second-order valence-electron chi connectivity index (χ2n) is 6.25. The lowest BCUT2D eigenvalue weighted by atomic mass is 9.83. The van der Waals surface area contributed by atoms with Crippen LogP contribution in [0.2, 0.25) is 0 Å². The average Bonchev–Trinajstić information content (AvgIpc) is 2.41. The minimum Gasteiger partial charge on any atom is -0.507 e. The van der Waals surface area contributed by atoms with Gasteiger partial charge in [0.2, 0.25) is 0 Å². The van der Waals surface area contributed by atoms with E-state index in [1.54, 1.807) is 0 Å². The maximum atomic E-state index is 13.2. The van der Waals surface area contributed by atoms with Gasteiger partial charge in [-0.15, -0.1) is 0 Å². The first-order chi connectivity index (χ1) is 9.88. The number of aryl methyl sites for hydroxylation is 2. The van der Waals surface area contributed by atoms with Crippen molar-refractivity contribution in [1.29, 1.82) is 0 Å². The van der Waals surface area contributed by atoms with E-state index in [0.717, 1.165) is 28.7 Å². The molecule has 0 spiro atoms. The summed E-state index contributed by atoms with van der Waals surface area (Å²) in [5.41, 5.74) is 4.01. The minimum absolute atomic E-state index is 0.0872. The third kappa shape index (κ3) is 3.63. The Morgan fingerprint density at radius 1 is 1.05 bits per heavy atom. The summed E-state index contributed by atoms with van der Waals surface area (Å²) in [6.07, 6.45) is 0.919. The Kier molecular flexibility index (Phi) is 4.66. The molecule has 0 amide bonds. The fraction of sp³-hybridized carbons (Fsp3) is 0.368. The van der Waals surface area contributed by atoms with Gasteiger partial charge in [0.25, 0.3) is 0 Å². The molecule has 0 fully saturated rings. The van der Waals surface area contributed by atoms with Gasteiger partial charge in [-0.05, 0) is 49.4 Å². The van der Waals surface area contributed by atoms with Crippen molar-refractivity contribution < 1.29 is 9.50 Å². The molecular formula is C19H23FO. The van der Waals surface area contributed by atoms with Crippen molar-refractivity contribution in [2.45, 2.75) is 40.0 Å². The number of hydrogen-bond donors (Lipinski definition) is 1. The van der Waals surface area contributed by atoms with E-state index < -0.39 is 0 Å². The molecule has 0 unspecified atom stereocenters. The molecule has 2 rings (SSSR count). The second-order valence-corrected chi connectivity index (χ2v) is 6.25. The number of hydrogen-bond acceptors (Lipinski definition) is 1. The predicted molar refractivity (Wildman–Crippen MR) is 85.3 cm³/mol. The molecule has 1 atom stereocenters. The molecule has 0 saturated heterocycles. The largest absolute Gasteiger partial charge is 0.507 e. The summed E-state index contributed by atoms with van der Waals surface area (Å²) in [4.78, 5) is 0. The van der Waals surface area contributed by atoms with E-state index in [0.29, 0.717) is 11.7 Å². The van der Waals surface area contributed by atoms with E-state index in [9.17, 15) is 9.50 Å². The van der Waals surface area contributed by atoms with Crippen molar-refractivity contribution >= 4 is 0 Å². The molecule has 2 heteroatoms. The summed E-state index contributed by atoms with van der Waals surface area (Å²) in [5, 5.41) is 10.4. The van der Waals surface area contributed by atoms with Crippen LogP contribution in [0.15, 0.2) is 36.4 Å². The number of phenols is 1. The fourth-order valence-electron chi connectivity index (χ4n) is 2.87. The van der Waals surface area contributed by atoms with Crippen LogP contribution in [-0.4, -0.2) is 5.11 Å². The standard InChI is InChI=1S/C19H23FO/c1-12(2)9-17(15-5-7-16(20)8-6-15)18-11-13(3)10-14(4)19(18)21/h5-8,10-12,17,21H,9H2,1-4H3/t17-/m1/s1. The molecular weight excluding hydrogens is 263 g/mol. The zero-order valence-corrected chi connectivity index (χ0v) is 13.2. The molecule has 21 heavy (non-hydrogen) atoms.